The lowest BCUT2D eigenvalue weighted by Gasteiger charge is -2.08. The van der Waals surface area contributed by atoms with Gasteiger partial charge in [-0.1, -0.05) is 45.7 Å². The molecule has 88 valence electrons. The Balaban J connectivity index is 2.08. The number of hydrogen-bond acceptors (Lipinski definition) is 1. The summed E-state index contributed by atoms with van der Waals surface area (Å²) in [5, 5.41) is 0.0645. The first-order valence-electron chi connectivity index (χ1n) is 4.98. The molecule has 0 aliphatic carbocycles. The van der Waals surface area contributed by atoms with E-state index in [1.54, 1.807) is 6.07 Å². The second kappa shape index (κ2) is 5.52. The van der Waals surface area contributed by atoms with Gasteiger partial charge in [0.2, 0.25) is 0 Å². The maximum atomic E-state index is 12.9. The molecule has 2 aromatic carbocycles. The minimum atomic E-state index is -0.445. The molecule has 2 rings (SSSR count). The van der Waals surface area contributed by atoms with Crippen molar-refractivity contribution >= 4 is 27.5 Å². The molecule has 0 heterocycles. The number of rotatable bonds is 3. The van der Waals surface area contributed by atoms with E-state index in [4.69, 9.17) is 16.3 Å². The Hall–Kier alpha value is -1.06. The molecular weight excluding hydrogens is 306 g/mol. The third kappa shape index (κ3) is 3.20. The molecule has 0 N–H and O–H groups in total. The minimum Gasteiger partial charge on any atom is -0.489 e. The van der Waals surface area contributed by atoms with Gasteiger partial charge in [0, 0.05) is 16.1 Å². The van der Waals surface area contributed by atoms with Crippen LogP contribution in [0.15, 0.2) is 46.9 Å². The van der Waals surface area contributed by atoms with Gasteiger partial charge in [-0.2, -0.15) is 0 Å². The summed E-state index contributed by atoms with van der Waals surface area (Å²) in [5.74, 6) is 0.104. The number of benzene rings is 2. The first kappa shape index (κ1) is 12.4. The third-order valence-corrected chi connectivity index (χ3v) is 3.31. The molecule has 0 atom stereocenters. The summed E-state index contributed by atoms with van der Waals surface area (Å²) in [5.41, 5.74) is 1.02. The molecule has 0 spiro atoms. The molecule has 0 saturated carbocycles. The van der Waals surface area contributed by atoms with Gasteiger partial charge in [-0.15, -0.1) is 0 Å². The summed E-state index contributed by atoms with van der Waals surface area (Å²) in [6, 6.07) is 12.1. The molecule has 0 bridgehead atoms. The standard InChI is InChI=1S/C13H9BrClFO/c14-11-4-2-1-3-9(11)8-17-10-5-6-13(16)12(15)7-10/h1-7H,8H2. The average Bonchev–Trinajstić information content (AvgIpc) is 2.32. The van der Waals surface area contributed by atoms with E-state index in [0.29, 0.717) is 12.4 Å². The Bertz CT molecular complexity index is 531. The average molecular weight is 316 g/mol. The zero-order valence-corrected chi connectivity index (χ0v) is 11.1. The van der Waals surface area contributed by atoms with Gasteiger partial charge in [-0.3, -0.25) is 0 Å². The van der Waals surface area contributed by atoms with E-state index < -0.39 is 5.82 Å². The second-order valence-corrected chi connectivity index (χ2v) is 4.72. The second-order valence-electron chi connectivity index (χ2n) is 3.46. The van der Waals surface area contributed by atoms with Gasteiger partial charge >= 0.3 is 0 Å². The Kier molecular flexibility index (Phi) is 4.02. The van der Waals surface area contributed by atoms with E-state index >= 15 is 0 Å². The lowest BCUT2D eigenvalue weighted by Crippen LogP contribution is -1.96. The first-order valence-corrected chi connectivity index (χ1v) is 6.15. The van der Waals surface area contributed by atoms with Crippen LogP contribution in [0.1, 0.15) is 5.56 Å². The number of halogens is 3. The normalized spacial score (nSPS) is 10.3. The smallest absolute Gasteiger partial charge is 0.142 e. The summed E-state index contributed by atoms with van der Waals surface area (Å²) < 4.78 is 19.4. The lowest BCUT2D eigenvalue weighted by atomic mass is 10.2. The zero-order chi connectivity index (χ0) is 12.3. The third-order valence-electron chi connectivity index (χ3n) is 2.24. The van der Waals surface area contributed by atoms with Gasteiger partial charge in [-0.25, -0.2) is 4.39 Å². The molecule has 2 aromatic rings. The predicted octanol–water partition coefficient (Wildman–Crippen LogP) is 4.82. The quantitative estimate of drug-likeness (QED) is 0.789. The molecule has 17 heavy (non-hydrogen) atoms. The van der Waals surface area contributed by atoms with Crippen molar-refractivity contribution in [1.29, 1.82) is 0 Å². The van der Waals surface area contributed by atoms with Crippen LogP contribution in [-0.2, 0) is 6.61 Å². The fourth-order valence-electron chi connectivity index (χ4n) is 1.34. The van der Waals surface area contributed by atoms with Crippen molar-refractivity contribution in [2.45, 2.75) is 6.61 Å². The fraction of sp³-hybridized carbons (Fsp3) is 0.0769. The Morgan fingerprint density at radius 3 is 2.65 bits per heavy atom. The number of hydrogen-bond donors (Lipinski definition) is 0. The van der Waals surface area contributed by atoms with Crippen molar-refractivity contribution in [3.8, 4) is 5.75 Å². The molecule has 0 aromatic heterocycles. The fourth-order valence-corrected chi connectivity index (χ4v) is 1.91. The summed E-state index contributed by atoms with van der Waals surface area (Å²) in [4.78, 5) is 0. The van der Waals surface area contributed by atoms with E-state index in [0.717, 1.165) is 10.0 Å². The van der Waals surface area contributed by atoms with Crippen LogP contribution in [0.3, 0.4) is 0 Å². The van der Waals surface area contributed by atoms with Gasteiger partial charge in [0.05, 0.1) is 5.02 Å². The molecule has 0 aliphatic rings. The van der Waals surface area contributed by atoms with Crippen LogP contribution in [-0.4, -0.2) is 0 Å². The summed E-state index contributed by atoms with van der Waals surface area (Å²) in [7, 11) is 0. The predicted molar refractivity (Wildman–Crippen MR) is 69.9 cm³/mol. The van der Waals surface area contributed by atoms with Crippen LogP contribution >= 0.6 is 27.5 Å². The van der Waals surface area contributed by atoms with Gasteiger partial charge in [0.1, 0.15) is 18.2 Å². The van der Waals surface area contributed by atoms with Gasteiger partial charge < -0.3 is 4.74 Å². The highest BCUT2D eigenvalue weighted by Gasteiger charge is 2.03. The Labute approximate surface area is 112 Å². The molecular formula is C13H9BrClFO. The van der Waals surface area contributed by atoms with E-state index in [9.17, 15) is 4.39 Å². The van der Waals surface area contributed by atoms with Gasteiger partial charge in [0.15, 0.2) is 0 Å². The van der Waals surface area contributed by atoms with Crippen molar-refractivity contribution in [1.82, 2.24) is 0 Å². The minimum absolute atomic E-state index is 0.0645. The summed E-state index contributed by atoms with van der Waals surface area (Å²) >= 11 is 9.09. The van der Waals surface area contributed by atoms with E-state index in [1.807, 2.05) is 24.3 Å². The molecule has 0 aliphatic heterocycles. The van der Waals surface area contributed by atoms with E-state index in [2.05, 4.69) is 15.9 Å². The SMILES string of the molecule is Fc1ccc(OCc2ccccc2Br)cc1Cl. The van der Waals surface area contributed by atoms with Gasteiger partial charge in [-0.05, 0) is 18.2 Å². The zero-order valence-electron chi connectivity index (χ0n) is 8.79. The number of ether oxygens (including phenoxy) is 1. The molecule has 0 saturated heterocycles. The van der Waals surface area contributed by atoms with Crippen LogP contribution in [0.4, 0.5) is 4.39 Å². The summed E-state index contributed by atoms with van der Waals surface area (Å²) in [6.45, 7) is 0.406. The molecule has 0 unspecified atom stereocenters. The molecule has 0 amide bonds. The van der Waals surface area contributed by atoms with Crippen molar-refractivity contribution in [3.05, 3.63) is 63.3 Å². The van der Waals surface area contributed by atoms with E-state index in [-0.39, 0.29) is 5.02 Å². The monoisotopic (exact) mass is 314 g/mol. The van der Waals surface area contributed by atoms with Crippen LogP contribution in [0, 0.1) is 5.82 Å². The Morgan fingerprint density at radius 1 is 1.18 bits per heavy atom. The van der Waals surface area contributed by atoms with Crippen molar-refractivity contribution in [2.24, 2.45) is 0 Å². The maximum absolute atomic E-state index is 12.9. The van der Waals surface area contributed by atoms with Crippen molar-refractivity contribution < 1.29 is 9.13 Å². The van der Waals surface area contributed by atoms with E-state index in [1.165, 1.54) is 12.1 Å². The highest BCUT2D eigenvalue weighted by Crippen LogP contribution is 2.23. The highest BCUT2D eigenvalue weighted by molar-refractivity contribution is 9.10. The van der Waals surface area contributed by atoms with Crippen LogP contribution in [0.5, 0.6) is 5.75 Å². The lowest BCUT2D eigenvalue weighted by molar-refractivity contribution is 0.305. The van der Waals surface area contributed by atoms with Crippen LogP contribution < -0.4 is 4.74 Å². The first-order chi connectivity index (χ1) is 8.16. The highest BCUT2D eigenvalue weighted by atomic mass is 79.9. The maximum Gasteiger partial charge on any atom is 0.142 e. The van der Waals surface area contributed by atoms with Gasteiger partial charge in [0.25, 0.3) is 0 Å². The van der Waals surface area contributed by atoms with Crippen LogP contribution in [0.25, 0.3) is 0 Å². The molecule has 4 heteroatoms. The van der Waals surface area contributed by atoms with Crippen molar-refractivity contribution in [2.75, 3.05) is 0 Å². The largest absolute Gasteiger partial charge is 0.489 e. The summed E-state index contributed by atoms with van der Waals surface area (Å²) in [6.07, 6.45) is 0. The molecule has 0 radical (unpaired) electrons. The molecule has 1 nitrogen and oxygen atoms in total. The Morgan fingerprint density at radius 2 is 1.94 bits per heavy atom. The van der Waals surface area contributed by atoms with Crippen molar-refractivity contribution in [3.63, 3.8) is 0 Å². The van der Waals surface area contributed by atoms with Crippen LogP contribution in [0.2, 0.25) is 5.02 Å². The topological polar surface area (TPSA) is 9.23 Å². The molecule has 0 fully saturated rings.